The van der Waals surface area contributed by atoms with Crippen LogP contribution in [0, 0.1) is 28.6 Å². The van der Waals surface area contributed by atoms with Gasteiger partial charge in [-0.05, 0) is 73.8 Å². The molecule has 0 saturated heterocycles. The Balaban J connectivity index is 1.78. The summed E-state index contributed by atoms with van der Waals surface area (Å²) in [5, 5.41) is 33.0. The standard InChI is InChI=1S/C21H30O5/c1-11(22)21(26)9-6-14-16-13(5-8-20(14,21)3)19(2)7-4-12(23)10-15(19)17(24)18(16)25/h10,13-14,16-18,24-26H,4-9H2,1-3H3/t13-,14-,16+,17+,18-,19+,20-,21-/m0/s1. The van der Waals surface area contributed by atoms with Crippen molar-refractivity contribution in [3.05, 3.63) is 11.6 Å². The number of fused-ring (bicyclic) bond motifs is 5. The Kier molecular flexibility index (Phi) is 3.87. The maximum Gasteiger partial charge on any atom is 0.161 e. The molecule has 0 aromatic carbocycles. The van der Waals surface area contributed by atoms with Crippen molar-refractivity contribution in [2.45, 2.75) is 77.1 Å². The Hall–Kier alpha value is -1.04. The van der Waals surface area contributed by atoms with Gasteiger partial charge in [0.1, 0.15) is 11.7 Å². The fraction of sp³-hybridized carbons (Fsp3) is 0.810. The average Bonchev–Trinajstić information content (AvgIpc) is 2.87. The van der Waals surface area contributed by atoms with Crippen LogP contribution in [0.15, 0.2) is 11.6 Å². The van der Waals surface area contributed by atoms with Gasteiger partial charge in [-0.15, -0.1) is 0 Å². The summed E-state index contributed by atoms with van der Waals surface area (Å²) in [6.07, 6.45) is 3.37. The van der Waals surface area contributed by atoms with Crippen LogP contribution in [0.25, 0.3) is 0 Å². The van der Waals surface area contributed by atoms with Gasteiger partial charge in [0, 0.05) is 11.8 Å². The highest BCUT2D eigenvalue weighted by Crippen LogP contribution is 2.67. The first-order chi connectivity index (χ1) is 12.1. The highest BCUT2D eigenvalue weighted by Gasteiger charge is 2.68. The Labute approximate surface area is 154 Å². The van der Waals surface area contributed by atoms with Gasteiger partial charge in [0.05, 0.1) is 6.10 Å². The molecule has 3 N–H and O–H groups in total. The van der Waals surface area contributed by atoms with Gasteiger partial charge >= 0.3 is 0 Å². The summed E-state index contributed by atoms with van der Waals surface area (Å²) in [5.74, 6) is -0.174. The second kappa shape index (κ2) is 5.49. The van der Waals surface area contributed by atoms with Gasteiger partial charge in [-0.1, -0.05) is 13.8 Å². The van der Waals surface area contributed by atoms with Crippen LogP contribution in [-0.2, 0) is 9.59 Å². The van der Waals surface area contributed by atoms with E-state index in [1.54, 1.807) is 6.08 Å². The lowest BCUT2D eigenvalue weighted by molar-refractivity contribution is -0.180. The van der Waals surface area contributed by atoms with E-state index in [1.165, 1.54) is 6.92 Å². The van der Waals surface area contributed by atoms with Crippen molar-refractivity contribution in [1.82, 2.24) is 0 Å². The largest absolute Gasteiger partial charge is 0.390 e. The van der Waals surface area contributed by atoms with E-state index >= 15 is 0 Å². The van der Waals surface area contributed by atoms with E-state index in [9.17, 15) is 24.9 Å². The van der Waals surface area contributed by atoms with Crippen LogP contribution < -0.4 is 0 Å². The Morgan fingerprint density at radius 3 is 2.42 bits per heavy atom. The fourth-order valence-electron chi connectivity index (χ4n) is 7.17. The second-order valence-electron chi connectivity index (χ2n) is 9.62. The molecule has 0 bridgehead atoms. The number of aliphatic hydroxyl groups is 3. The van der Waals surface area contributed by atoms with Crippen molar-refractivity contribution in [1.29, 1.82) is 0 Å². The molecule has 4 rings (SSSR count). The van der Waals surface area contributed by atoms with Crippen molar-refractivity contribution in [2.24, 2.45) is 28.6 Å². The van der Waals surface area contributed by atoms with E-state index in [2.05, 4.69) is 6.92 Å². The molecular formula is C21H30O5. The van der Waals surface area contributed by atoms with Gasteiger partial charge in [0.15, 0.2) is 11.6 Å². The number of rotatable bonds is 1. The number of hydrogen-bond acceptors (Lipinski definition) is 5. The van der Waals surface area contributed by atoms with E-state index in [-0.39, 0.29) is 34.7 Å². The average molecular weight is 362 g/mol. The molecule has 5 heteroatoms. The van der Waals surface area contributed by atoms with Gasteiger partial charge in [0.2, 0.25) is 0 Å². The number of ketones is 2. The lowest BCUT2D eigenvalue weighted by Crippen LogP contribution is -2.63. The topological polar surface area (TPSA) is 94.8 Å². The number of aliphatic hydroxyl groups excluding tert-OH is 2. The molecule has 3 fully saturated rings. The first-order valence-electron chi connectivity index (χ1n) is 9.91. The van der Waals surface area contributed by atoms with E-state index in [0.29, 0.717) is 31.3 Å². The van der Waals surface area contributed by atoms with E-state index in [1.807, 2.05) is 6.92 Å². The number of hydrogen-bond donors (Lipinski definition) is 3. The van der Waals surface area contributed by atoms with Gasteiger partial charge in [-0.3, -0.25) is 9.59 Å². The van der Waals surface area contributed by atoms with Crippen LogP contribution in [0.3, 0.4) is 0 Å². The highest BCUT2D eigenvalue weighted by molar-refractivity contribution is 5.92. The monoisotopic (exact) mass is 362 g/mol. The minimum absolute atomic E-state index is 0.00389. The highest BCUT2D eigenvalue weighted by atomic mass is 16.3. The molecule has 0 radical (unpaired) electrons. The normalized spacial score (nSPS) is 53.4. The molecule has 144 valence electrons. The quantitative estimate of drug-likeness (QED) is 0.661. The van der Waals surface area contributed by atoms with Gasteiger partial charge in [0.25, 0.3) is 0 Å². The molecule has 0 unspecified atom stereocenters. The van der Waals surface area contributed by atoms with Gasteiger partial charge in [-0.2, -0.15) is 0 Å². The van der Waals surface area contributed by atoms with Crippen LogP contribution in [0.2, 0.25) is 0 Å². The molecule has 0 aromatic heterocycles. The maximum atomic E-state index is 12.3. The molecule has 8 atom stereocenters. The summed E-state index contributed by atoms with van der Waals surface area (Å²) in [4.78, 5) is 24.2. The molecule has 4 aliphatic carbocycles. The fourth-order valence-corrected chi connectivity index (χ4v) is 7.17. The molecule has 0 amide bonds. The predicted octanol–water partition coefficient (Wildman–Crippen LogP) is 1.78. The predicted molar refractivity (Wildman–Crippen MR) is 95.1 cm³/mol. The summed E-state index contributed by atoms with van der Waals surface area (Å²) < 4.78 is 0. The van der Waals surface area contributed by atoms with E-state index in [0.717, 1.165) is 12.8 Å². The van der Waals surface area contributed by atoms with Crippen molar-refractivity contribution in [3.63, 3.8) is 0 Å². The van der Waals surface area contributed by atoms with Crippen molar-refractivity contribution < 1.29 is 24.9 Å². The van der Waals surface area contributed by atoms with Crippen molar-refractivity contribution >= 4 is 11.6 Å². The smallest absolute Gasteiger partial charge is 0.161 e. The SMILES string of the molecule is CC(=O)[C@@]1(O)CC[C@H]2[C@@H]3[C@H](O)[C@H](O)C4=CC(=O)CC[C@]4(C)[C@H]3CC[C@@]21C. The Bertz CT molecular complexity index is 699. The zero-order valence-electron chi connectivity index (χ0n) is 15.9. The lowest BCUT2D eigenvalue weighted by atomic mass is 9.45. The van der Waals surface area contributed by atoms with Gasteiger partial charge < -0.3 is 15.3 Å². The number of carbonyl (C=O) groups excluding carboxylic acids is 2. The molecule has 0 spiro atoms. The molecule has 0 aliphatic heterocycles. The summed E-state index contributed by atoms with van der Waals surface area (Å²) >= 11 is 0. The minimum atomic E-state index is -1.34. The zero-order valence-corrected chi connectivity index (χ0v) is 15.9. The lowest BCUT2D eigenvalue weighted by Gasteiger charge is -2.61. The van der Waals surface area contributed by atoms with E-state index in [4.69, 9.17) is 0 Å². The number of Topliss-reactive ketones (excluding diaryl/α,β-unsaturated/α-hetero) is 1. The third kappa shape index (κ3) is 2.02. The number of carbonyl (C=O) groups is 2. The van der Waals surface area contributed by atoms with Crippen molar-refractivity contribution in [2.75, 3.05) is 0 Å². The zero-order chi connectivity index (χ0) is 19.1. The van der Waals surface area contributed by atoms with Crippen LogP contribution >= 0.6 is 0 Å². The summed E-state index contributed by atoms with van der Waals surface area (Å²) in [6, 6.07) is 0. The van der Waals surface area contributed by atoms with Crippen LogP contribution in [-0.4, -0.2) is 44.7 Å². The molecule has 4 aliphatic rings. The van der Waals surface area contributed by atoms with Crippen LogP contribution in [0.4, 0.5) is 0 Å². The van der Waals surface area contributed by atoms with Crippen LogP contribution in [0.1, 0.15) is 59.3 Å². The van der Waals surface area contributed by atoms with Gasteiger partial charge in [-0.25, -0.2) is 0 Å². The molecule has 26 heavy (non-hydrogen) atoms. The first kappa shape index (κ1) is 18.3. The Morgan fingerprint density at radius 1 is 1.12 bits per heavy atom. The summed E-state index contributed by atoms with van der Waals surface area (Å²) in [5.41, 5.74) is -1.52. The molecular weight excluding hydrogens is 332 g/mol. The third-order valence-corrected chi connectivity index (χ3v) is 8.79. The molecule has 0 heterocycles. The Morgan fingerprint density at radius 2 is 1.77 bits per heavy atom. The first-order valence-corrected chi connectivity index (χ1v) is 9.91. The third-order valence-electron chi connectivity index (χ3n) is 8.79. The summed E-state index contributed by atoms with van der Waals surface area (Å²) in [6.45, 7) is 5.56. The molecule has 5 nitrogen and oxygen atoms in total. The summed E-state index contributed by atoms with van der Waals surface area (Å²) in [7, 11) is 0. The van der Waals surface area contributed by atoms with Crippen LogP contribution in [0.5, 0.6) is 0 Å². The van der Waals surface area contributed by atoms with E-state index < -0.39 is 23.2 Å². The minimum Gasteiger partial charge on any atom is -0.390 e. The molecule has 0 aromatic rings. The molecule has 3 saturated carbocycles. The van der Waals surface area contributed by atoms with Crippen molar-refractivity contribution in [3.8, 4) is 0 Å². The maximum absolute atomic E-state index is 12.3. The second-order valence-corrected chi connectivity index (χ2v) is 9.62.